The molecule has 0 radical (unpaired) electrons. The summed E-state index contributed by atoms with van der Waals surface area (Å²) in [5.41, 5.74) is 1.20. The third kappa shape index (κ3) is 3.77. The maximum atomic E-state index is 12.3. The maximum absolute atomic E-state index is 12.3. The first-order valence-corrected chi connectivity index (χ1v) is 8.13. The molecule has 0 bridgehead atoms. The first-order chi connectivity index (χ1) is 12.0. The smallest absolute Gasteiger partial charge is 0.266 e. The Morgan fingerprint density at radius 1 is 1.16 bits per heavy atom. The summed E-state index contributed by atoms with van der Waals surface area (Å²) < 4.78 is 1.70. The van der Waals surface area contributed by atoms with Gasteiger partial charge in [0.15, 0.2) is 0 Å². The van der Waals surface area contributed by atoms with Gasteiger partial charge in [0.05, 0.1) is 26.4 Å². The van der Waals surface area contributed by atoms with Crippen molar-refractivity contribution in [1.29, 1.82) is 5.26 Å². The average molecular weight is 392 g/mol. The first-order valence-electron chi connectivity index (χ1n) is 6.99. The first kappa shape index (κ1) is 17.3. The lowest BCUT2D eigenvalue weighted by Gasteiger charge is -2.08. The van der Waals surface area contributed by atoms with Crippen molar-refractivity contribution in [3.8, 4) is 6.07 Å². The number of halogens is 3. The number of para-hydroxylation sites is 1. The van der Waals surface area contributed by atoms with E-state index in [4.69, 9.17) is 34.8 Å². The second-order valence-corrected chi connectivity index (χ2v) is 6.25. The van der Waals surface area contributed by atoms with Crippen LogP contribution in [-0.2, 0) is 4.79 Å². The molecule has 5 nitrogen and oxygen atoms in total. The van der Waals surface area contributed by atoms with Crippen molar-refractivity contribution in [2.45, 2.75) is 0 Å². The number of hydrogen-bond acceptors (Lipinski definition) is 3. The van der Waals surface area contributed by atoms with Gasteiger partial charge in [-0.15, -0.1) is 0 Å². The zero-order chi connectivity index (χ0) is 18.0. The molecule has 124 valence electrons. The Morgan fingerprint density at radius 2 is 1.88 bits per heavy atom. The molecule has 0 aliphatic carbocycles. The number of hydrogen-bond donors (Lipinski definition) is 1. The molecule has 2 heterocycles. The van der Waals surface area contributed by atoms with Gasteiger partial charge in [0.25, 0.3) is 5.91 Å². The van der Waals surface area contributed by atoms with E-state index in [2.05, 4.69) is 10.3 Å². The Labute approximate surface area is 158 Å². The number of rotatable bonds is 3. The van der Waals surface area contributed by atoms with Gasteiger partial charge in [0, 0.05) is 12.4 Å². The highest BCUT2D eigenvalue weighted by molar-refractivity contribution is 6.40. The summed E-state index contributed by atoms with van der Waals surface area (Å²) in [5.74, 6) is -0.632. The average Bonchev–Trinajstić information content (AvgIpc) is 2.97. The van der Waals surface area contributed by atoms with Crippen LogP contribution < -0.4 is 5.32 Å². The summed E-state index contributed by atoms with van der Waals surface area (Å²) in [6, 6.07) is 10.1. The summed E-state index contributed by atoms with van der Waals surface area (Å²) in [7, 11) is 0. The molecule has 25 heavy (non-hydrogen) atoms. The predicted octanol–water partition coefficient (Wildman–Crippen LogP) is 4.84. The number of aromatic nitrogens is 2. The Balaban J connectivity index is 1.91. The van der Waals surface area contributed by atoms with Crippen LogP contribution in [0.3, 0.4) is 0 Å². The van der Waals surface area contributed by atoms with E-state index in [1.807, 2.05) is 6.07 Å². The number of imidazole rings is 1. The van der Waals surface area contributed by atoms with Gasteiger partial charge >= 0.3 is 0 Å². The van der Waals surface area contributed by atoms with Crippen molar-refractivity contribution >= 4 is 58.1 Å². The van der Waals surface area contributed by atoms with E-state index >= 15 is 0 Å². The topological polar surface area (TPSA) is 70.2 Å². The SMILES string of the molecule is N#CC(=Cc1cn2cc(Cl)ccc2n1)C(=O)Nc1c(Cl)cccc1Cl. The second kappa shape index (κ2) is 7.16. The molecule has 0 atom stereocenters. The van der Waals surface area contributed by atoms with Gasteiger partial charge in [-0.05, 0) is 30.3 Å². The van der Waals surface area contributed by atoms with Crippen LogP contribution in [0.2, 0.25) is 15.1 Å². The van der Waals surface area contributed by atoms with Gasteiger partial charge in [-0.1, -0.05) is 40.9 Å². The Hall–Kier alpha value is -2.52. The lowest BCUT2D eigenvalue weighted by atomic mass is 10.2. The maximum Gasteiger partial charge on any atom is 0.266 e. The number of fused-ring (bicyclic) bond motifs is 1. The molecule has 0 fully saturated rings. The van der Waals surface area contributed by atoms with Crippen LogP contribution in [0.4, 0.5) is 5.69 Å². The van der Waals surface area contributed by atoms with Gasteiger partial charge in [0.2, 0.25) is 0 Å². The fourth-order valence-electron chi connectivity index (χ4n) is 2.15. The number of nitriles is 1. The van der Waals surface area contributed by atoms with Gasteiger partial charge in [-0.25, -0.2) is 4.98 Å². The minimum Gasteiger partial charge on any atom is -0.319 e. The minimum atomic E-state index is -0.632. The highest BCUT2D eigenvalue weighted by Crippen LogP contribution is 2.30. The Morgan fingerprint density at radius 3 is 2.56 bits per heavy atom. The summed E-state index contributed by atoms with van der Waals surface area (Å²) >= 11 is 18.0. The fourth-order valence-corrected chi connectivity index (χ4v) is 2.81. The number of anilines is 1. The van der Waals surface area contributed by atoms with Gasteiger partial charge < -0.3 is 9.72 Å². The van der Waals surface area contributed by atoms with Crippen LogP contribution in [0.1, 0.15) is 5.69 Å². The number of nitrogens with one attached hydrogen (secondary N) is 1. The zero-order valence-corrected chi connectivity index (χ0v) is 14.8. The van der Waals surface area contributed by atoms with Crippen LogP contribution in [0.15, 0.2) is 48.3 Å². The monoisotopic (exact) mass is 390 g/mol. The molecule has 2 aromatic heterocycles. The second-order valence-electron chi connectivity index (χ2n) is 5.00. The Bertz CT molecular complexity index is 1030. The van der Waals surface area contributed by atoms with E-state index in [0.717, 1.165) is 0 Å². The molecule has 0 saturated carbocycles. The number of carbonyl (C=O) groups is 1. The quantitative estimate of drug-likeness (QED) is 0.513. The van der Waals surface area contributed by atoms with Crippen LogP contribution in [0.5, 0.6) is 0 Å². The molecule has 0 aliphatic rings. The van der Waals surface area contributed by atoms with E-state index in [1.54, 1.807) is 47.1 Å². The van der Waals surface area contributed by atoms with E-state index in [-0.39, 0.29) is 21.3 Å². The molecule has 0 aliphatic heterocycles. The molecule has 0 saturated heterocycles. The minimum absolute atomic E-state index is 0.134. The van der Waals surface area contributed by atoms with E-state index in [0.29, 0.717) is 16.4 Å². The molecular weight excluding hydrogens is 383 g/mol. The van der Waals surface area contributed by atoms with Crippen LogP contribution in [0.25, 0.3) is 11.7 Å². The van der Waals surface area contributed by atoms with E-state index < -0.39 is 5.91 Å². The summed E-state index contributed by atoms with van der Waals surface area (Å²) in [5, 5.41) is 12.9. The predicted molar refractivity (Wildman–Crippen MR) is 98.9 cm³/mol. The molecular formula is C17H9Cl3N4O. The molecule has 0 unspecified atom stereocenters. The van der Waals surface area contributed by atoms with Crippen molar-refractivity contribution in [2.24, 2.45) is 0 Å². The van der Waals surface area contributed by atoms with E-state index in [1.165, 1.54) is 6.08 Å². The number of amides is 1. The van der Waals surface area contributed by atoms with Crippen molar-refractivity contribution in [1.82, 2.24) is 9.38 Å². The standard InChI is InChI=1S/C17H9Cl3N4O/c18-11-4-5-15-22-12(9-24(15)8-11)6-10(7-21)17(25)23-16-13(19)2-1-3-14(16)20/h1-6,8-9H,(H,23,25). The lowest BCUT2D eigenvalue weighted by Crippen LogP contribution is -2.14. The third-order valence-corrected chi connectivity index (χ3v) is 4.15. The van der Waals surface area contributed by atoms with Crippen molar-refractivity contribution in [3.05, 3.63) is 69.1 Å². The molecule has 8 heteroatoms. The van der Waals surface area contributed by atoms with Crippen molar-refractivity contribution in [2.75, 3.05) is 5.32 Å². The lowest BCUT2D eigenvalue weighted by molar-refractivity contribution is -0.112. The molecule has 3 rings (SSSR count). The molecule has 1 N–H and O–H groups in total. The highest BCUT2D eigenvalue weighted by Gasteiger charge is 2.14. The summed E-state index contributed by atoms with van der Waals surface area (Å²) in [6.45, 7) is 0. The summed E-state index contributed by atoms with van der Waals surface area (Å²) in [6.07, 6.45) is 4.71. The van der Waals surface area contributed by atoms with E-state index in [9.17, 15) is 10.1 Å². The molecule has 1 amide bonds. The highest BCUT2D eigenvalue weighted by atomic mass is 35.5. The molecule has 0 spiro atoms. The van der Waals surface area contributed by atoms with Gasteiger partial charge in [0.1, 0.15) is 17.3 Å². The van der Waals surface area contributed by atoms with Crippen molar-refractivity contribution in [3.63, 3.8) is 0 Å². The Kier molecular flexibility index (Phi) is 4.95. The number of pyridine rings is 1. The van der Waals surface area contributed by atoms with Crippen LogP contribution in [0, 0.1) is 11.3 Å². The van der Waals surface area contributed by atoms with Crippen LogP contribution in [-0.4, -0.2) is 15.3 Å². The number of carbonyl (C=O) groups excluding carboxylic acids is 1. The third-order valence-electron chi connectivity index (χ3n) is 3.29. The summed E-state index contributed by atoms with van der Waals surface area (Å²) in [4.78, 5) is 16.7. The largest absolute Gasteiger partial charge is 0.319 e. The van der Waals surface area contributed by atoms with Crippen LogP contribution >= 0.6 is 34.8 Å². The van der Waals surface area contributed by atoms with Gasteiger partial charge in [-0.3, -0.25) is 4.79 Å². The normalized spacial score (nSPS) is 11.4. The van der Waals surface area contributed by atoms with Gasteiger partial charge in [-0.2, -0.15) is 5.26 Å². The number of benzene rings is 1. The molecule has 1 aromatic carbocycles. The van der Waals surface area contributed by atoms with Crippen molar-refractivity contribution < 1.29 is 4.79 Å². The number of nitrogens with zero attached hydrogens (tertiary/aromatic N) is 3. The fraction of sp³-hybridized carbons (Fsp3) is 0. The molecule has 3 aromatic rings. The zero-order valence-electron chi connectivity index (χ0n) is 12.5.